The summed E-state index contributed by atoms with van der Waals surface area (Å²) in [4.78, 5) is 77.3. The van der Waals surface area contributed by atoms with E-state index in [4.69, 9.17) is 5.73 Å². The zero-order chi connectivity index (χ0) is 41.2. The Labute approximate surface area is 329 Å². The van der Waals surface area contributed by atoms with Crippen molar-refractivity contribution in [2.75, 3.05) is 27.1 Å². The van der Waals surface area contributed by atoms with E-state index in [0.29, 0.717) is 29.4 Å². The SMILES string of the molecule is CC(=O)Nc1cc(CN2C(=O)N(c3ccc(SC(F)(F)F)cc3)C(=O)C2(C)C)ccn1.CSc1ccc(N2C(=O)N(Cc3ccnc(N)c3)C(C)(C)C2=O)cc1. The normalized spacial score (nSPS) is 16.3. The number of imide groups is 2. The van der Waals surface area contributed by atoms with Crippen LogP contribution in [0.2, 0.25) is 0 Å². The molecular weight excluding hydrogens is 770 g/mol. The first kappa shape index (κ1) is 41.5. The Balaban J connectivity index is 0.000000219. The number of anilines is 4. The summed E-state index contributed by atoms with van der Waals surface area (Å²) < 4.78 is 37.6. The molecule has 4 aromatic rings. The van der Waals surface area contributed by atoms with E-state index in [-0.39, 0.29) is 46.7 Å². The number of nitrogens with one attached hydrogen (secondary N) is 1. The topological polar surface area (TPSA) is 162 Å². The van der Waals surface area contributed by atoms with Crippen LogP contribution >= 0.6 is 23.5 Å². The van der Waals surface area contributed by atoms with Crippen molar-refractivity contribution in [2.45, 2.75) is 74.1 Å². The van der Waals surface area contributed by atoms with Gasteiger partial charge in [0.2, 0.25) is 5.91 Å². The quantitative estimate of drug-likeness (QED) is 0.128. The van der Waals surface area contributed by atoms with E-state index in [1.807, 2.05) is 18.4 Å². The van der Waals surface area contributed by atoms with Crippen LogP contribution in [-0.4, -0.2) is 72.4 Å². The number of aromatic nitrogens is 2. The molecule has 0 atom stereocenters. The predicted octanol–water partition coefficient (Wildman–Crippen LogP) is 7.53. The lowest BCUT2D eigenvalue weighted by atomic mass is 10.0. The molecule has 2 aliphatic heterocycles. The molecule has 0 unspecified atom stereocenters. The van der Waals surface area contributed by atoms with Crippen molar-refractivity contribution in [3.05, 3.63) is 96.3 Å². The molecule has 0 aliphatic carbocycles. The Morgan fingerprint density at radius 1 is 0.732 bits per heavy atom. The number of nitrogen functional groups attached to an aromatic ring is 1. The van der Waals surface area contributed by atoms with Crippen LogP contribution in [0.15, 0.2) is 95.0 Å². The van der Waals surface area contributed by atoms with E-state index in [9.17, 15) is 37.1 Å². The molecule has 7 amide bonds. The lowest BCUT2D eigenvalue weighted by Gasteiger charge is -2.27. The number of hydrogen-bond donors (Lipinski definition) is 2. The summed E-state index contributed by atoms with van der Waals surface area (Å²) in [6.45, 7) is 8.42. The van der Waals surface area contributed by atoms with Crippen molar-refractivity contribution < 1.29 is 37.1 Å². The summed E-state index contributed by atoms with van der Waals surface area (Å²) >= 11 is 1.34. The van der Waals surface area contributed by atoms with Gasteiger partial charge in [-0.3, -0.25) is 14.4 Å². The van der Waals surface area contributed by atoms with Gasteiger partial charge in [-0.15, -0.1) is 11.8 Å². The van der Waals surface area contributed by atoms with Crippen molar-refractivity contribution in [1.29, 1.82) is 0 Å². The second kappa shape index (κ2) is 16.2. The van der Waals surface area contributed by atoms with Gasteiger partial charge in [0.05, 0.1) is 11.4 Å². The highest BCUT2D eigenvalue weighted by Gasteiger charge is 2.53. The van der Waals surface area contributed by atoms with Crippen LogP contribution in [0.5, 0.6) is 0 Å². The third-order valence-corrected chi connectivity index (χ3v) is 10.4. The average Bonchev–Trinajstić information content (AvgIpc) is 3.40. The lowest BCUT2D eigenvalue weighted by Crippen LogP contribution is -2.43. The number of carbonyl (C=O) groups excluding carboxylic acids is 5. The van der Waals surface area contributed by atoms with Crippen molar-refractivity contribution in [1.82, 2.24) is 19.8 Å². The number of thioether (sulfide) groups is 2. The molecule has 3 N–H and O–H groups in total. The number of carbonyl (C=O) groups is 5. The lowest BCUT2D eigenvalue weighted by molar-refractivity contribution is -0.124. The van der Waals surface area contributed by atoms with Crippen LogP contribution in [-0.2, 0) is 27.5 Å². The van der Waals surface area contributed by atoms with E-state index in [1.54, 1.807) is 87.0 Å². The standard InChI is InChI=1S/C20H19F3N4O3S.C18H20N4O2S/c1-12(28)25-16-10-13(8-9-24-16)11-26-18(30)27(17(29)19(26,2)3)14-4-6-15(7-5-14)31-20(21,22)23;1-18(2)16(23)22(13-4-6-14(25-3)7-5-13)17(24)21(18)11-12-8-9-20-15(19)10-12/h4-10H,11H2,1-3H3,(H,24,25,28);4-10H,11H2,1-3H3,(H2,19,20). The Kier molecular flexibility index (Phi) is 12.0. The summed E-state index contributed by atoms with van der Waals surface area (Å²) in [6, 6.07) is 18.3. The van der Waals surface area contributed by atoms with Gasteiger partial charge in [-0.1, -0.05) is 0 Å². The minimum absolute atomic E-state index is 0.0475. The van der Waals surface area contributed by atoms with Crippen LogP contribution < -0.4 is 20.9 Å². The third kappa shape index (κ3) is 9.08. The van der Waals surface area contributed by atoms with Crippen molar-refractivity contribution in [3.63, 3.8) is 0 Å². The summed E-state index contributed by atoms with van der Waals surface area (Å²) in [5.41, 5.74) is 1.41. The first-order valence-corrected chi connectivity index (χ1v) is 19.0. The number of nitrogens with two attached hydrogens (primary N) is 1. The molecule has 2 fully saturated rings. The first-order valence-electron chi connectivity index (χ1n) is 17.0. The smallest absolute Gasteiger partial charge is 0.384 e. The molecule has 0 radical (unpaired) electrons. The zero-order valence-corrected chi connectivity index (χ0v) is 32.9. The predicted molar refractivity (Wildman–Crippen MR) is 209 cm³/mol. The van der Waals surface area contributed by atoms with E-state index >= 15 is 0 Å². The summed E-state index contributed by atoms with van der Waals surface area (Å²) in [5.74, 6) is -0.329. The maximum atomic E-state index is 13.1. The number of nitrogens with zero attached hydrogens (tertiary/aromatic N) is 6. The Bertz CT molecular complexity index is 2150. The van der Waals surface area contributed by atoms with Crippen molar-refractivity contribution in [3.8, 4) is 0 Å². The largest absolute Gasteiger partial charge is 0.446 e. The van der Waals surface area contributed by atoms with E-state index in [1.165, 1.54) is 47.2 Å². The first-order chi connectivity index (χ1) is 26.2. The zero-order valence-electron chi connectivity index (χ0n) is 31.2. The summed E-state index contributed by atoms with van der Waals surface area (Å²) in [6.07, 6.45) is 5.05. The van der Waals surface area contributed by atoms with Gasteiger partial charge in [0.1, 0.15) is 22.7 Å². The summed E-state index contributed by atoms with van der Waals surface area (Å²) in [5, 5.41) is 2.55. The molecule has 18 heteroatoms. The van der Waals surface area contributed by atoms with Gasteiger partial charge >= 0.3 is 17.6 Å². The molecule has 6 rings (SSSR count). The van der Waals surface area contributed by atoms with Crippen LogP contribution in [0.4, 0.5) is 45.8 Å². The molecule has 2 aliphatic rings. The molecule has 56 heavy (non-hydrogen) atoms. The van der Waals surface area contributed by atoms with Gasteiger partial charge in [0.15, 0.2) is 0 Å². The van der Waals surface area contributed by atoms with E-state index < -0.39 is 28.5 Å². The molecule has 13 nitrogen and oxygen atoms in total. The number of urea groups is 2. The van der Waals surface area contributed by atoms with Gasteiger partial charge in [0, 0.05) is 42.2 Å². The van der Waals surface area contributed by atoms with Crippen LogP contribution in [0.3, 0.4) is 0 Å². The third-order valence-electron chi connectivity index (χ3n) is 8.96. The number of rotatable bonds is 9. The van der Waals surface area contributed by atoms with Crippen molar-refractivity contribution >= 4 is 76.3 Å². The van der Waals surface area contributed by atoms with E-state index in [0.717, 1.165) is 15.4 Å². The molecular formula is C38H39F3N8O5S2. The minimum Gasteiger partial charge on any atom is -0.384 e. The molecule has 0 saturated carbocycles. The molecule has 2 aromatic carbocycles. The highest BCUT2D eigenvalue weighted by Crippen LogP contribution is 2.39. The monoisotopic (exact) mass is 808 g/mol. The van der Waals surface area contributed by atoms with Gasteiger partial charge in [-0.25, -0.2) is 29.4 Å². The molecule has 4 heterocycles. The molecule has 0 bridgehead atoms. The van der Waals surface area contributed by atoms with Gasteiger partial charge in [0.25, 0.3) is 11.8 Å². The number of pyridine rings is 2. The van der Waals surface area contributed by atoms with Crippen LogP contribution in [0, 0.1) is 0 Å². The molecule has 294 valence electrons. The number of amides is 7. The average molecular weight is 809 g/mol. The van der Waals surface area contributed by atoms with E-state index in [2.05, 4.69) is 15.3 Å². The minimum atomic E-state index is -4.43. The number of halogens is 3. The van der Waals surface area contributed by atoms with Crippen molar-refractivity contribution in [2.24, 2.45) is 0 Å². The second-order valence-electron chi connectivity index (χ2n) is 13.7. The fourth-order valence-corrected chi connectivity index (χ4v) is 6.91. The number of alkyl halides is 3. The highest BCUT2D eigenvalue weighted by molar-refractivity contribution is 8.00. The van der Waals surface area contributed by atoms with Crippen LogP contribution in [0.25, 0.3) is 0 Å². The Hall–Kier alpha value is -5.62. The van der Waals surface area contributed by atoms with Gasteiger partial charge in [-0.2, -0.15) is 13.2 Å². The molecule has 2 aromatic heterocycles. The summed E-state index contributed by atoms with van der Waals surface area (Å²) in [7, 11) is 0. The molecule has 0 spiro atoms. The maximum absolute atomic E-state index is 13.1. The molecule has 2 saturated heterocycles. The fourth-order valence-electron chi connectivity index (χ4n) is 5.96. The second-order valence-corrected chi connectivity index (χ2v) is 15.7. The Morgan fingerprint density at radius 3 is 1.61 bits per heavy atom. The van der Waals surface area contributed by atoms with Crippen LogP contribution in [0.1, 0.15) is 45.7 Å². The van der Waals surface area contributed by atoms with Gasteiger partial charge < -0.3 is 20.9 Å². The highest BCUT2D eigenvalue weighted by atomic mass is 32.2. The van der Waals surface area contributed by atoms with Gasteiger partial charge in [-0.05, 0) is 130 Å². The maximum Gasteiger partial charge on any atom is 0.446 e. The fraction of sp³-hybridized carbons (Fsp3) is 0.289. The number of hydrogen-bond acceptors (Lipinski definition) is 10. The Morgan fingerprint density at radius 2 is 1.18 bits per heavy atom. The number of benzene rings is 2.